The van der Waals surface area contributed by atoms with Gasteiger partial charge in [-0.05, 0) is 50.1 Å². The molecule has 1 N–H and O–H groups in total. The number of piperazine rings is 1. The second-order valence-corrected chi connectivity index (χ2v) is 6.96. The third-order valence-corrected chi connectivity index (χ3v) is 5.22. The number of halogens is 1. The second-order valence-electron chi connectivity index (χ2n) is 5.96. The van der Waals surface area contributed by atoms with Crippen LogP contribution in [0.25, 0.3) is 0 Å². The number of thiophene rings is 1. The molecule has 3 atom stereocenters. The van der Waals surface area contributed by atoms with Crippen LogP contribution in [0.15, 0.2) is 11.4 Å². The first-order valence-corrected chi connectivity index (χ1v) is 8.14. The summed E-state index contributed by atoms with van der Waals surface area (Å²) in [4.78, 5) is 16.3. The van der Waals surface area contributed by atoms with Gasteiger partial charge in [0.2, 0.25) is 5.91 Å². The maximum atomic E-state index is 12.8. The van der Waals surface area contributed by atoms with Gasteiger partial charge in [0.15, 0.2) is 0 Å². The SMILES string of the molecule is CC1CN(C(=O)C2CCCc3sccc32)CC(C)N1.Cl. The van der Waals surface area contributed by atoms with Crippen molar-refractivity contribution in [1.29, 1.82) is 0 Å². The zero-order chi connectivity index (χ0) is 13.4. The lowest BCUT2D eigenvalue weighted by molar-refractivity contribution is -0.134. The summed E-state index contributed by atoms with van der Waals surface area (Å²) < 4.78 is 0. The van der Waals surface area contributed by atoms with E-state index in [1.165, 1.54) is 10.4 Å². The lowest BCUT2D eigenvalue weighted by atomic mass is 9.86. The van der Waals surface area contributed by atoms with E-state index in [9.17, 15) is 4.79 Å². The molecule has 0 saturated carbocycles. The van der Waals surface area contributed by atoms with Crippen LogP contribution in [0.2, 0.25) is 0 Å². The molecule has 3 unspecified atom stereocenters. The average Bonchev–Trinajstić information content (AvgIpc) is 2.84. The average molecular weight is 315 g/mol. The van der Waals surface area contributed by atoms with Crippen LogP contribution in [-0.4, -0.2) is 36.0 Å². The minimum atomic E-state index is 0. The van der Waals surface area contributed by atoms with Gasteiger partial charge in [-0.2, -0.15) is 0 Å². The quantitative estimate of drug-likeness (QED) is 0.864. The van der Waals surface area contributed by atoms with E-state index in [4.69, 9.17) is 0 Å². The van der Waals surface area contributed by atoms with Crippen molar-refractivity contribution in [2.75, 3.05) is 13.1 Å². The molecule has 1 aromatic heterocycles. The number of hydrogen-bond donors (Lipinski definition) is 1. The molecule has 2 aliphatic rings. The highest BCUT2D eigenvalue weighted by Crippen LogP contribution is 2.36. The number of carbonyl (C=O) groups excluding carboxylic acids is 1. The molecule has 3 rings (SSSR count). The van der Waals surface area contributed by atoms with Crippen molar-refractivity contribution >= 4 is 29.7 Å². The summed E-state index contributed by atoms with van der Waals surface area (Å²) in [6.07, 6.45) is 3.33. The van der Waals surface area contributed by atoms with Crippen LogP contribution in [0, 0.1) is 0 Å². The number of nitrogens with one attached hydrogen (secondary N) is 1. The summed E-state index contributed by atoms with van der Waals surface area (Å²) in [5.41, 5.74) is 1.31. The number of hydrogen-bond acceptors (Lipinski definition) is 3. The Morgan fingerprint density at radius 1 is 1.35 bits per heavy atom. The molecular formula is C15H23ClN2OS. The Bertz CT molecular complexity index is 466. The molecule has 20 heavy (non-hydrogen) atoms. The van der Waals surface area contributed by atoms with Gasteiger partial charge in [0.25, 0.3) is 0 Å². The zero-order valence-electron chi connectivity index (χ0n) is 12.1. The van der Waals surface area contributed by atoms with Gasteiger partial charge >= 0.3 is 0 Å². The summed E-state index contributed by atoms with van der Waals surface area (Å²) >= 11 is 1.81. The monoisotopic (exact) mass is 314 g/mol. The number of amides is 1. The maximum Gasteiger partial charge on any atom is 0.230 e. The van der Waals surface area contributed by atoms with E-state index in [0.717, 1.165) is 32.4 Å². The van der Waals surface area contributed by atoms with Crippen molar-refractivity contribution in [1.82, 2.24) is 10.2 Å². The van der Waals surface area contributed by atoms with Crippen LogP contribution in [0.5, 0.6) is 0 Å². The Kier molecular flexibility index (Phi) is 5.10. The molecule has 0 aromatic carbocycles. The van der Waals surface area contributed by atoms with Gasteiger partial charge in [0, 0.05) is 30.1 Å². The van der Waals surface area contributed by atoms with Crippen molar-refractivity contribution in [3.63, 3.8) is 0 Å². The van der Waals surface area contributed by atoms with Crippen molar-refractivity contribution in [3.05, 3.63) is 21.9 Å². The van der Waals surface area contributed by atoms with Gasteiger partial charge in [0.1, 0.15) is 0 Å². The maximum absolute atomic E-state index is 12.8. The number of nitrogens with zero attached hydrogens (tertiary/aromatic N) is 1. The topological polar surface area (TPSA) is 32.3 Å². The Morgan fingerprint density at radius 2 is 2.05 bits per heavy atom. The summed E-state index contributed by atoms with van der Waals surface area (Å²) in [6, 6.07) is 2.97. The fraction of sp³-hybridized carbons (Fsp3) is 0.667. The summed E-state index contributed by atoms with van der Waals surface area (Å²) in [5, 5.41) is 5.63. The van der Waals surface area contributed by atoms with Gasteiger partial charge in [-0.1, -0.05) is 0 Å². The van der Waals surface area contributed by atoms with E-state index < -0.39 is 0 Å². The van der Waals surface area contributed by atoms with Crippen LogP contribution in [0.4, 0.5) is 0 Å². The first kappa shape index (κ1) is 15.8. The van der Waals surface area contributed by atoms with Crippen LogP contribution in [0.1, 0.15) is 43.0 Å². The number of aryl methyl sites for hydroxylation is 1. The molecule has 0 bridgehead atoms. The van der Waals surface area contributed by atoms with Crippen LogP contribution in [0.3, 0.4) is 0 Å². The number of carbonyl (C=O) groups is 1. The first-order chi connectivity index (χ1) is 9.15. The van der Waals surface area contributed by atoms with Crippen LogP contribution < -0.4 is 5.32 Å². The zero-order valence-corrected chi connectivity index (χ0v) is 13.7. The van der Waals surface area contributed by atoms with E-state index in [1.807, 2.05) is 11.3 Å². The fourth-order valence-electron chi connectivity index (χ4n) is 3.47. The van der Waals surface area contributed by atoms with Crippen molar-refractivity contribution in [2.45, 2.75) is 51.1 Å². The first-order valence-electron chi connectivity index (χ1n) is 7.26. The lowest BCUT2D eigenvalue weighted by Crippen LogP contribution is -2.56. The van der Waals surface area contributed by atoms with Gasteiger partial charge in [0.05, 0.1) is 5.92 Å². The summed E-state index contributed by atoms with van der Waals surface area (Å²) in [5.74, 6) is 0.465. The normalized spacial score (nSPS) is 29.5. The molecule has 1 aliphatic heterocycles. The van der Waals surface area contributed by atoms with E-state index >= 15 is 0 Å². The molecule has 3 nitrogen and oxygen atoms in total. The molecule has 1 aromatic rings. The Morgan fingerprint density at radius 3 is 2.75 bits per heavy atom. The molecule has 0 spiro atoms. The lowest BCUT2D eigenvalue weighted by Gasteiger charge is -2.38. The highest BCUT2D eigenvalue weighted by molar-refractivity contribution is 7.10. The van der Waals surface area contributed by atoms with E-state index in [1.54, 1.807) is 0 Å². The molecule has 112 valence electrons. The smallest absolute Gasteiger partial charge is 0.230 e. The minimum Gasteiger partial charge on any atom is -0.339 e. The molecule has 1 saturated heterocycles. The molecule has 1 fully saturated rings. The molecule has 1 amide bonds. The fourth-order valence-corrected chi connectivity index (χ4v) is 4.46. The standard InChI is InChI=1S/C15H22N2OS.ClH/c1-10-8-17(9-11(2)16-10)15(18)13-4-3-5-14-12(13)6-7-19-14;/h6-7,10-11,13,16H,3-5,8-9H2,1-2H3;1H. The summed E-state index contributed by atoms with van der Waals surface area (Å²) in [6.45, 7) is 6.01. The minimum absolute atomic E-state index is 0. The Hall–Kier alpha value is -0.580. The van der Waals surface area contributed by atoms with Crippen LogP contribution in [-0.2, 0) is 11.2 Å². The number of rotatable bonds is 1. The molecule has 0 radical (unpaired) electrons. The largest absolute Gasteiger partial charge is 0.339 e. The van der Waals surface area contributed by atoms with Crippen LogP contribution >= 0.6 is 23.7 Å². The Balaban J connectivity index is 0.00000147. The molecule has 2 heterocycles. The van der Waals surface area contributed by atoms with E-state index in [-0.39, 0.29) is 18.3 Å². The number of fused-ring (bicyclic) bond motifs is 1. The Labute approximate surface area is 131 Å². The third-order valence-electron chi connectivity index (χ3n) is 4.22. The van der Waals surface area contributed by atoms with Crippen molar-refractivity contribution < 1.29 is 4.79 Å². The summed E-state index contributed by atoms with van der Waals surface area (Å²) in [7, 11) is 0. The van der Waals surface area contributed by atoms with Gasteiger partial charge in [-0.15, -0.1) is 23.7 Å². The molecular weight excluding hydrogens is 292 g/mol. The van der Waals surface area contributed by atoms with E-state index in [2.05, 4.69) is 35.5 Å². The second kappa shape index (κ2) is 6.46. The predicted molar refractivity (Wildman–Crippen MR) is 85.9 cm³/mol. The van der Waals surface area contributed by atoms with Gasteiger partial charge in [-0.25, -0.2) is 0 Å². The van der Waals surface area contributed by atoms with Gasteiger partial charge < -0.3 is 10.2 Å². The highest BCUT2D eigenvalue weighted by Gasteiger charge is 2.33. The van der Waals surface area contributed by atoms with E-state index in [0.29, 0.717) is 18.0 Å². The predicted octanol–water partition coefficient (Wildman–Crippen LogP) is 2.80. The molecule has 1 aliphatic carbocycles. The van der Waals surface area contributed by atoms with Crippen molar-refractivity contribution in [3.8, 4) is 0 Å². The highest BCUT2D eigenvalue weighted by atomic mass is 35.5. The third kappa shape index (κ3) is 3.02. The van der Waals surface area contributed by atoms with Gasteiger partial charge in [-0.3, -0.25) is 4.79 Å². The molecule has 5 heteroatoms. The van der Waals surface area contributed by atoms with Crippen molar-refractivity contribution in [2.24, 2.45) is 0 Å².